The Morgan fingerprint density at radius 3 is 2.42 bits per heavy atom. The minimum absolute atomic E-state index is 0.354. The Kier molecular flexibility index (Phi) is 5.42. The van der Waals surface area contributed by atoms with Crippen LogP contribution in [0, 0.1) is 5.92 Å². The standard InChI is InChI=1S/C17H25N3O2S2/c1-14-5-4-10-19(13-14)17(23)18-15-6-8-16(9-7-15)24(21,22)20-11-2-3-12-20/h6-9,14H,2-5,10-13H2,1H3,(H,18,23). The summed E-state index contributed by atoms with van der Waals surface area (Å²) in [6.07, 6.45) is 4.31. The lowest BCUT2D eigenvalue weighted by Gasteiger charge is -2.33. The number of sulfonamides is 1. The van der Waals surface area contributed by atoms with Crippen LogP contribution in [-0.2, 0) is 10.0 Å². The van der Waals surface area contributed by atoms with E-state index in [2.05, 4.69) is 17.1 Å². The SMILES string of the molecule is CC1CCCN(C(=S)Nc2ccc(S(=O)(=O)N3CCCC3)cc2)C1. The average Bonchev–Trinajstić information content (AvgIpc) is 3.10. The number of benzene rings is 1. The van der Waals surface area contributed by atoms with Gasteiger partial charge >= 0.3 is 0 Å². The second-order valence-electron chi connectivity index (χ2n) is 6.76. The summed E-state index contributed by atoms with van der Waals surface area (Å²) in [6, 6.07) is 6.92. The van der Waals surface area contributed by atoms with Crippen LogP contribution in [0.1, 0.15) is 32.6 Å². The first kappa shape index (κ1) is 17.6. The maximum Gasteiger partial charge on any atom is 0.243 e. The molecule has 3 rings (SSSR count). The van der Waals surface area contributed by atoms with Crippen molar-refractivity contribution in [3.63, 3.8) is 0 Å². The molecule has 0 aliphatic carbocycles. The van der Waals surface area contributed by atoms with Gasteiger partial charge < -0.3 is 10.2 Å². The van der Waals surface area contributed by atoms with E-state index in [0.29, 0.717) is 23.9 Å². The van der Waals surface area contributed by atoms with Crippen LogP contribution in [0.3, 0.4) is 0 Å². The summed E-state index contributed by atoms with van der Waals surface area (Å²) < 4.78 is 26.6. The highest BCUT2D eigenvalue weighted by atomic mass is 32.2. The van der Waals surface area contributed by atoms with Crippen LogP contribution in [-0.4, -0.2) is 48.9 Å². The molecule has 0 bridgehead atoms. The van der Waals surface area contributed by atoms with Gasteiger partial charge in [-0.25, -0.2) is 8.42 Å². The predicted octanol–water partition coefficient (Wildman–Crippen LogP) is 2.90. The number of thiocarbonyl (C=S) groups is 1. The molecule has 1 aromatic rings. The molecular formula is C17H25N3O2S2. The maximum atomic E-state index is 12.5. The van der Waals surface area contributed by atoms with Crippen molar-refractivity contribution in [2.45, 2.75) is 37.5 Å². The summed E-state index contributed by atoms with van der Waals surface area (Å²) in [5.41, 5.74) is 0.832. The summed E-state index contributed by atoms with van der Waals surface area (Å²) in [6.45, 7) is 5.46. The summed E-state index contributed by atoms with van der Waals surface area (Å²) in [4.78, 5) is 2.55. The fraction of sp³-hybridized carbons (Fsp3) is 0.588. The van der Waals surface area contributed by atoms with Crippen molar-refractivity contribution in [2.24, 2.45) is 5.92 Å². The zero-order valence-corrected chi connectivity index (χ0v) is 15.7. The molecule has 0 amide bonds. The number of likely N-dealkylation sites (tertiary alicyclic amines) is 1. The van der Waals surface area contributed by atoms with Crippen LogP contribution in [0.25, 0.3) is 0 Å². The molecule has 2 fully saturated rings. The predicted molar refractivity (Wildman–Crippen MR) is 101 cm³/mol. The third-order valence-corrected chi connectivity index (χ3v) is 7.03. The maximum absolute atomic E-state index is 12.5. The van der Waals surface area contributed by atoms with Crippen molar-refractivity contribution >= 4 is 33.0 Å². The first-order valence-electron chi connectivity index (χ1n) is 8.63. The number of hydrogen-bond donors (Lipinski definition) is 1. The molecule has 0 radical (unpaired) electrons. The van der Waals surface area contributed by atoms with Gasteiger partial charge in [-0.1, -0.05) is 6.92 Å². The molecule has 0 spiro atoms. The molecule has 1 atom stereocenters. The van der Waals surface area contributed by atoms with Gasteiger partial charge in [0.1, 0.15) is 0 Å². The topological polar surface area (TPSA) is 52.7 Å². The van der Waals surface area contributed by atoms with Gasteiger partial charge in [0.2, 0.25) is 10.0 Å². The van der Waals surface area contributed by atoms with Crippen molar-refractivity contribution in [3.8, 4) is 0 Å². The van der Waals surface area contributed by atoms with Gasteiger partial charge in [-0.15, -0.1) is 0 Å². The summed E-state index contributed by atoms with van der Waals surface area (Å²) in [5.74, 6) is 0.659. The van der Waals surface area contributed by atoms with E-state index in [-0.39, 0.29) is 0 Å². The Morgan fingerprint density at radius 2 is 1.79 bits per heavy atom. The number of rotatable bonds is 3. The average molecular weight is 368 g/mol. The van der Waals surface area contributed by atoms with E-state index in [0.717, 1.165) is 43.2 Å². The molecular weight excluding hydrogens is 342 g/mol. The number of nitrogens with zero attached hydrogens (tertiary/aromatic N) is 2. The molecule has 1 unspecified atom stereocenters. The van der Waals surface area contributed by atoms with Gasteiger partial charge in [-0.3, -0.25) is 0 Å². The Labute approximate surface area is 150 Å². The Balaban J connectivity index is 1.65. The van der Waals surface area contributed by atoms with Crippen LogP contribution in [0.2, 0.25) is 0 Å². The van der Waals surface area contributed by atoms with E-state index in [1.807, 2.05) is 0 Å². The number of hydrogen-bond acceptors (Lipinski definition) is 3. The van der Waals surface area contributed by atoms with Crippen molar-refractivity contribution < 1.29 is 8.42 Å². The van der Waals surface area contributed by atoms with Crippen LogP contribution >= 0.6 is 12.2 Å². The summed E-state index contributed by atoms with van der Waals surface area (Å²) in [5, 5.41) is 3.95. The summed E-state index contributed by atoms with van der Waals surface area (Å²) in [7, 11) is -3.35. The molecule has 7 heteroatoms. The lowest BCUT2D eigenvalue weighted by atomic mass is 10.0. The smallest absolute Gasteiger partial charge is 0.243 e. The lowest BCUT2D eigenvalue weighted by molar-refractivity contribution is 0.276. The molecule has 2 heterocycles. The van der Waals surface area contributed by atoms with Crippen molar-refractivity contribution in [1.82, 2.24) is 9.21 Å². The zero-order chi connectivity index (χ0) is 17.2. The quantitative estimate of drug-likeness (QED) is 0.833. The zero-order valence-electron chi connectivity index (χ0n) is 14.1. The molecule has 1 aromatic carbocycles. The van der Waals surface area contributed by atoms with Gasteiger partial charge in [0.25, 0.3) is 0 Å². The van der Waals surface area contributed by atoms with Crippen LogP contribution in [0.15, 0.2) is 29.2 Å². The molecule has 24 heavy (non-hydrogen) atoms. The molecule has 2 saturated heterocycles. The normalized spacial score (nSPS) is 22.5. The minimum atomic E-state index is -3.35. The van der Waals surface area contributed by atoms with Gasteiger partial charge in [-0.05, 0) is 68.1 Å². The monoisotopic (exact) mass is 367 g/mol. The second kappa shape index (κ2) is 7.37. The van der Waals surface area contributed by atoms with E-state index in [9.17, 15) is 8.42 Å². The number of piperidine rings is 1. The number of nitrogens with one attached hydrogen (secondary N) is 1. The molecule has 0 saturated carbocycles. The first-order valence-corrected chi connectivity index (χ1v) is 10.5. The van der Waals surface area contributed by atoms with Crippen molar-refractivity contribution in [3.05, 3.63) is 24.3 Å². The molecule has 2 aliphatic rings. The Bertz CT molecular complexity index is 682. The van der Waals surface area contributed by atoms with Gasteiger partial charge in [0.05, 0.1) is 4.90 Å². The Morgan fingerprint density at radius 1 is 1.12 bits per heavy atom. The highest BCUT2D eigenvalue weighted by molar-refractivity contribution is 7.89. The van der Waals surface area contributed by atoms with Gasteiger partial charge in [-0.2, -0.15) is 4.31 Å². The third-order valence-electron chi connectivity index (χ3n) is 4.75. The van der Waals surface area contributed by atoms with E-state index in [1.54, 1.807) is 28.6 Å². The summed E-state index contributed by atoms with van der Waals surface area (Å²) >= 11 is 5.49. The molecule has 2 aliphatic heterocycles. The first-order chi connectivity index (χ1) is 11.5. The van der Waals surface area contributed by atoms with E-state index < -0.39 is 10.0 Å². The lowest BCUT2D eigenvalue weighted by Crippen LogP contribution is -2.41. The van der Waals surface area contributed by atoms with Crippen molar-refractivity contribution in [1.29, 1.82) is 0 Å². The molecule has 132 valence electrons. The van der Waals surface area contributed by atoms with Crippen LogP contribution in [0.4, 0.5) is 5.69 Å². The fourth-order valence-corrected chi connectivity index (χ4v) is 5.16. The molecule has 0 aromatic heterocycles. The van der Waals surface area contributed by atoms with E-state index in [4.69, 9.17) is 12.2 Å². The highest BCUT2D eigenvalue weighted by Gasteiger charge is 2.27. The van der Waals surface area contributed by atoms with Gasteiger partial charge in [0.15, 0.2) is 5.11 Å². The van der Waals surface area contributed by atoms with Gasteiger partial charge in [0, 0.05) is 31.9 Å². The highest BCUT2D eigenvalue weighted by Crippen LogP contribution is 2.23. The van der Waals surface area contributed by atoms with E-state index in [1.165, 1.54) is 6.42 Å². The molecule has 5 nitrogen and oxygen atoms in total. The van der Waals surface area contributed by atoms with E-state index >= 15 is 0 Å². The third kappa shape index (κ3) is 3.90. The molecule has 1 N–H and O–H groups in total. The van der Waals surface area contributed by atoms with Crippen LogP contribution < -0.4 is 5.32 Å². The fourth-order valence-electron chi connectivity index (χ4n) is 3.36. The van der Waals surface area contributed by atoms with Crippen LogP contribution in [0.5, 0.6) is 0 Å². The minimum Gasteiger partial charge on any atom is -0.349 e. The number of anilines is 1. The van der Waals surface area contributed by atoms with Crippen molar-refractivity contribution in [2.75, 3.05) is 31.5 Å². The largest absolute Gasteiger partial charge is 0.349 e. The second-order valence-corrected chi connectivity index (χ2v) is 9.08. The Hall–Kier alpha value is -1.18.